The van der Waals surface area contributed by atoms with Gasteiger partial charge in [0.05, 0.1) is 0 Å². The fraction of sp³-hybridized carbons (Fsp3) is 0.136. The van der Waals surface area contributed by atoms with E-state index in [2.05, 4.69) is 4.74 Å². The summed E-state index contributed by atoms with van der Waals surface area (Å²) in [6, 6.07) is 7.49. The van der Waals surface area contributed by atoms with Gasteiger partial charge in [0.2, 0.25) is 0 Å². The molecule has 0 aromatic heterocycles. The van der Waals surface area contributed by atoms with E-state index in [1.807, 2.05) is 0 Å². The molecule has 0 radical (unpaired) electrons. The molecule has 0 aliphatic rings. The number of hydrogen-bond acceptors (Lipinski definition) is 4. The van der Waals surface area contributed by atoms with Crippen LogP contribution in [-0.4, -0.2) is 19.2 Å². The summed E-state index contributed by atoms with van der Waals surface area (Å²) in [6.45, 7) is -1.35. The Bertz CT molecular complexity index is 1120. The highest BCUT2D eigenvalue weighted by molar-refractivity contribution is 5.93. The zero-order chi connectivity index (χ0) is 22.5. The number of rotatable bonds is 7. The van der Waals surface area contributed by atoms with Crippen molar-refractivity contribution in [3.63, 3.8) is 0 Å². The molecule has 0 bridgehead atoms. The molecule has 3 aromatic carbocycles. The summed E-state index contributed by atoms with van der Waals surface area (Å²) in [7, 11) is 0. The van der Waals surface area contributed by atoms with Gasteiger partial charge in [-0.05, 0) is 36.6 Å². The van der Waals surface area contributed by atoms with E-state index in [1.54, 1.807) is 19.1 Å². The van der Waals surface area contributed by atoms with Gasteiger partial charge in [-0.25, -0.2) is 18.0 Å². The van der Waals surface area contributed by atoms with Crippen molar-refractivity contribution in [3.8, 4) is 17.2 Å². The maximum atomic E-state index is 14.3. The Morgan fingerprint density at radius 1 is 1.00 bits per heavy atom. The minimum absolute atomic E-state index is 0.0714. The van der Waals surface area contributed by atoms with Gasteiger partial charge in [-0.2, -0.15) is 8.78 Å². The third-order valence-corrected chi connectivity index (χ3v) is 4.12. The summed E-state index contributed by atoms with van der Waals surface area (Å²) in [5.74, 6) is -5.58. The van der Waals surface area contributed by atoms with Gasteiger partial charge < -0.3 is 14.2 Å². The fourth-order valence-corrected chi connectivity index (χ4v) is 2.73. The molecule has 0 heterocycles. The molecule has 162 valence electrons. The molecule has 31 heavy (non-hydrogen) atoms. The Labute approximate surface area is 173 Å². The van der Waals surface area contributed by atoms with E-state index in [1.165, 1.54) is 12.1 Å². The smallest absolute Gasteiger partial charge is 0.387 e. The lowest BCUT2D eigenvalue weighted by molar-refractivity contribution is -0.0520. The average molecular weight is 438 g/mol. The van der Waals surface area contributed by atoms with Crippen LogP contribution in [-0.2, 0) is 0 Å². The van der Waals surface area contributed by atoms with E-state index < -0.39 is 41.3 Å². The van der Waals surface area contributed by atoms with E-state index in [4.69, 9.17) is 9.47 Å². The van der Waals surface area contributed by atoms with Crippen LogP contribution in [0.2, 0.25) is 0 Å². The largest absolute Gasteiger partial charge is 0.489 e. The number of ether oxygens (including phenoxy) is 3. The molecule has 0 saturated heterocycles. The molecule has 0 fully saturated rings. The van der Waals surface area contributed by atoms with Crippen LogP contribution in [0.5, 0.6) is 17.2 Å². The number of fused-ring (bicyclic) bond motifs is 1. The topological polar surface area (TPSA) is 44.8 Å². The van der Waals surface area contributed by atoms with Crippen LogP contribution in [0, 0.1) is 17.5 Å². The molecule has 0 spiro atoms. The van der Waals surface area contributed by atoms with Crippen LogP contribution >= 0.6 is 0 Å². The number of allylic oxidation sites excluding steroid dienone is 1. The third-order valence-electron chi connectivity index (χ3n) is 4.12. The summed E-state index contributed by atoms with van der Waals surface area (Å²) in [6.07, 6.45) is 3.32. The van der Waals surface area contributed by atoms with Gasteiger partial charge >= 0.3 is 12.6 Å². The number of esters is 1. The van der Waals surface area contributed by atoms with Crippen molar-refractivity contribution >= 4 is 16.7 Å². The maximum absolute atomic E-state index is 14.3. The number of benzene rings is 3. The van der Waals surface area contributed by atoms with Crippen molar-refractivity contribution in [2.75, 3.05) is 6.61 Å². The second-order valence-corrected chi connectivity index (χ2v) is 6.17. The highest BCUT2D eigenvalue weighted by Crippen LogP contribution is 2.30. The van der Waals surface area contributed by atoms with Crippen LogP contribution in [0.1, 0.15) is 17.3 Å². The van der Waals surface area contributed by atoms with Crippen molar-refractivity contribution in [2.24, 2.45) is 0 Å². The zero-order valence-corrected chi connectivity index (χ0v) is 16.0. The Kier molecular flexibility index (Phi) is 6.74. The monoisotopic (exact) mass is 438 g/mol. The first-order chi connectivity index (χ1) is 14.8. The van der Waals surface area contributed by atoms with E-state index in [0.717, 1.165) is 30.3 Å². The Balaban J connectivity index is 1.83. The molecule has 0 aliphatic heterocycles. The van der Waals surface area contributed by atoms with Gasteiger partial charge in [0.1, 0.15) is 35.3 Å². The van der Waals surface area contributed by atoms with Crippen molar-refractivity contribution in [2.45, 2.75) is 13.5 Å². The van der Waals surface area contributed by atoms with Crippen LogP contribution in [0.25, 0.3) is 10.8 Å². The van der Waals surface area contributed by atoms with E-state index in [9.17, 15) is 26.7 Å². The lowest BCUT2D eigenvalue weighted by Gasteiger charge is -2.11. The van der Waals surface area contributed by atoms with Gasteiger partial charge in [-0.15, -0.1) is 0 Å². The van der Waals surface area contributed by atoms with Crippen LogP contribution in [0.4, 0.5) is 22.0 Å². The summed E-state index contributed by atoms with van der Waals surface area (Å²) >= 11 is 0. The fourth-order valence-electron chi connectivity index (χ4n) is 2.73. The van der Waals surface area contributed by atoms with E-state index in [-0.39, 0.29) is 28.9 Å². The minimum Gasteiger partial charge on any atom is -0.489 e. The lowest BCUT2D eigenvalue weighted by Crippen LogP contribution is -2.13. The maximum Gasteiger partial charge on any atom is 0.387 e. The van der Waals surface area contributed by atoms with Crippen molar-refractivity contribution in [3.05, 3.63) is 77.6 Å². The summed E-state index contributed by atoms with van der Waals surface area (Å²) in [5, 5.41) is 0.121. The molecule has 0 saturated carbocycles. The Hall–Kier alpha value is -3.62. The number of hydrogen-bond donors (Lipinski definition) is 0. The molecule has 3 rings (SSSR count). The molecule has 3 aromatic rings. The van der Waals surface area contributed by atoms with Gasteiger partial charge in [-0.1, -0.05) is 18.2 Å². The van der Waals surface area contributed by atoms with E-state index in [0.29, 0.717) is 0 Å². The molecule has 0 unspecified atom stereocenters. The lowest BCUT2D eigenvalue weighted by atomic mass is 10.1. The normalized spacial score (nSPS) is 11.3. The van der Waals surface area contributed by atoms with Crippen molar-refractivity contribution in [1.82, 2.24) is 0 Å². The molecule has 0 atom stereocenters. The van der Waals surface area contributed by atoms with Crippen molar-refractivity contribution in [1.29, 1.82) is 0 Å². The van der Waals surface area contributed by atoms with Crippen molar-refractivity contribution < 1.29 is 41.0 Å². The Morgan fingerprint density at radius 2 is 1.71 bits per heavy atom. The molecular weight excluding hydrogens is 423 g/mol. The Morgan fingerprint density at radius 3 is 2.35 bits per heavy atom. The molecule has 0 amide bonds. The molecule has 9 heteroatoms. The van der Waals surface area contributed by atoms with Gasteiger partial charge in [0, 0.05) is 17.5 Å². The second-order valence-electron chi connectivity index (χ2n) is 6.17. The third kappa shape index (κ3) is 5.11. The highest BCUT2D eigenvalue weighted by atomic mass is 19.3. The predicted octanol–water partition coefficient (Wildman–Crippen LogP) is 6.03. The van der Waals surface area contributed by atoms with Gasteiger partial charge in [0.15, 0.2) is 11.6 Å². The summed E-state index contributed by atoms with van der Waals surface area (Å²) in [4.78, 5) is 12.3. The quantitative estimate of drug-likeness (QED) is 0.196. The second kappa shape index (κ2) is 9.46. The van der Waals surface area contributed by atoms with Crippen LogP contribution < -0.4 is 14.2 Å². The SMILES string of the molecule is CC=CCOc1cc(F)c(C(=O)Oc2ccc3c(F)c(OC(F)F)ccc3c2)c(F)c1. The van der Waals surface area contributed by atoms with Crippen LogP contribution in [0.15, 0.2) is 54.6 Å². The number of carbonyl (C=O) groups excluding carboxylic acids is 1. The highest BCUT2D eigenvalue weighted by Gasteiger charge is 2.22. The van der Waals surface area contributed by atoms with Gasteiger partial charge in [-0.3, -0.25) is 0 Å². The number of alkyl halides is 2. The molecular formula is C22H15F5O4. The van der Waals surface area contributed by atoms with E-state index >= 15 is 0 Å². The first-order valence-corrected chi connectivity index (χ1v) is 8.92. The van der Waals surface area contributed by atoms with Crippen LogP contribution in [0.3, 0.4) is 0 Å². The average Bonchev–Trinajstić information content (AvgIpc) is 2.69. The number of carbonyl (C=O) groups is 1. The molecule has 0 aliphatic carbocycles. The first kappa shape index (κ1) is 22.1. The zero-order valence-electron chi connectivity index (χ0n) is 16.0. The van der Waals surface area contributed by atoms with Gasteiger partial charge in [0.25, 0.3) is 0 Å². The summed E-state index contributed by atoms with van der Waals surface area (Å²) < 4.78 is 81.7. The molecule has 4 nitrogen and oxygen atoms in total. The number of halogens is 5. The minimum atomic E-state index is -3.20. The summed E-state index contributed by atoms with van der Waals surface area (Å²) in [5.41, 5.74) is -0.926. The standard InChI is InChI=1S/C22H15F5O4/c1-2-3-8-29-14-10-16(23)19(17(24)11-14)21(28)30-13-5-6-15-12(9-13)4-7-18(20(15)25)31-22(26)27/h2-7,9-11,22H,8H2,1H3. The molecule has 0 N–H and O–H groups in total. The predicted molar refractivity (Wildman–Crippen MR) is 102 cm³/mol. The first-order valence-electron chi connectivity index (χ1n) is 8.92.